The average Bonchev–Trinajstić information content (AvgIpc) is 3.17. The fraction of sp³-hybridized carbons (Fsp3) is 0.300. The van der Waals surface area contributed by atoms with Gasteiger partial charge >= 0.3 is 0 Å². The standard InChI is InChI=1S/C20H20F2N4O3S/c21-14-2-1-3-15(22)18(14)19(27)23-20(30)24-26-8-6-25(7-9-26)11-13-4-5-16-17(10-13)29-12-28-16/h1-5,10H,6-9,11-12H2,(H2,23,24,27,30). The molecule has 7 nitrogen and oxygen atoms in total. The van der Waals surface area contributed by atoms with E-state index in [0.29, 0.717) is 13.1 Å². The molecule has 0 atom stereocenters. The number of rotatable bonds is 4. The number of halogens is 2. The van der Waals surface area contributed by atoms with Crippen molar-refractivity contribution in [1.29, 1.82) is 0 Å². The van der Waals surface area contributed by atoms with Crippen molar-refractivity contribution in [2.45, 2.75) is 6.54 Å². The molecule has 0 aliphatic carbocycles. The number of thiocarbonyl (C=S) groups is 1. The van der Waals surface area contributed by atoms with Crippen LogP contribution < -0.4 is 20.2 Å². The summed E-state index contributed by atoms with van der Waals surface area (Å²) >= 11 is 5.11. The van der Waals surface area contributed by atoms with E-state index < -0.39 is 23.1 Å². The summed E-state index contributed by atoms with van der Waals surface area (Å²) in [5.41, 5.74) is 3.38. The zero-order valence-electron chi connectivity index (χ0n) is 16.0. The van der Waals surface area contributed by atoms with Crippen LogP contribution in [0, 0.1) is 11.6 Å². The number of hydrogen-bond donors (Lipinski definition) is 2. The van der Waals surface area contributed by atoms with Gasteiger partial charge in [-0.15, -0.1) is 0 Å². The lowest BCUT2D eigenvalue weighted by Gasteiger charge is -2.35. The highest BCUT2D eigenvalue weighted by Crippen LogP contribution is 2.32. The second kappa shape index (κ2) is 8.90. The minimum absolute atomic E-state index is 0.00752. The van der Waals surface area contributed by atoms with Crippen LogP contribution in [-0.4, -0.2) is 53.9 Å². The van der Waals surface area contributed by atoms with Crippen LogP contribution >= 0.6 is 12.2 Å². The Morgan fingerprint density at radius 2 is 1.73 bits per heavy atom. The first-order valence-corrected chi connectivity index (χ1v) is 9.82. The smallest absolute Gasteiger partial charge is 0.263 e. The molecule has 2 heterocycles. The van der Waals surface area contributed by atoms with Gasteiger partial charge in [0.2, 0.25) is 6.79 Å². The van der Waals surface area contributed by atoms with Gasteiger partial charge in [-0.05, 0) is 42.0 Å². The maximum absolute atomic E-state index is 13.7. The number of hydrazine groups is 1. The molecule has 158 valence electrons. The number of benzene rings is 2. The maximum Gasteiger partial charge on any atom is 0.263 e. The lowest BCUT2D eigenvalue weighted by molar-refractivity contribution is 0.0946. The van der Waals surface area contributed by atoms with Crippen molar-refractivity contribution < 1.29 is 23.0 Å². The molecule has 2 aliphatic heterocycles. The second-order valence-electron chi connectivity index (χ2n) is 6.94. The fourth-order valence-electron chi connectivity index (χ4n) is 3.37. The largest absolute Gasteiger partial charge is 0.454 e. The number of nitrogens with one attached hydrogen (secondary N) is 2. The Morgan fingerprint density at radius 3 is 2.47 bits per heavy atom. The van der Waals surface area contributed by atoms with Crippen molar-refractivity contribution in [3.63, 3.8) is 0 Å². The van der Waals surface area contributed by atoms with Crippen molar-refractivity contribution in [1.82, 2.24) is 20.7 Å². The first-order valence-electron chi connectivity index (χ1n) is 9.41. The summed E-state index contributed by atoms with van der Waals surface area (Å²) in [5.74, 6) is -1.27. The Bertz CT molecular complexity index is 947. The molecule has 0 saturated carbocycles. The molecule has 0 unspecified atom stereocenters. The quantitative estimate of drug-likeness (QED) is 0.714. The third-order valence-corrected chi connectivity index (χ3v) is 5.09. The molecule has 10 heteroatoms. The molecule has 1 saturated heterocycles. The van der Waals surface area contributed by atoms with Crippen molar-refractivity contribution >= 4 is 23.2 Å². The summed E-state index contributed by atoms with van der Waals surface area (Å²) < 4.78 is 38.2. The van der Waals surface area contributed by atoms with E-state index in [2.05, 4.69) is 15.6 Å². The molecule has 2 aromatic carbocycles. The van der Waals surface area contributed by atoms with Gasteiger partial charge < -0.3 is 9.47 Å². The summed E-state index contributed by atoms with van der Waals surface area (Å²) in [7, 11) is 0. The molecular weight excluding hydrogens is 414 g/mol. The zero-order valence-corrected chi connectivity index (χ0v) is 16.8. The number of carbonyl (C=O) groups is 1. The number of carbonyl (C=O) groups excluding carboxylic acids is 1. The van der Waals surface area contributed by atoms with Crippen LogP contribution in [-0.2, 0) is 6.54 Å². The van der Waals surface area contributed by atoms with Gasteiger partial charge in [0.05, 0.1) is 0 Å². The molecule has 2 aromatic rings. The van der Waals surface area contributed by atoms with E-state index in [1.165, 1.54) is 6.07 Å². The minimum atomic E-state index is -0.938. The molecule has 0 radical (unpaired) electrons. The van der Waals surface area contributed by atoms with Crippen molar-refractivity contribution in [2.24, 2.45) is 0 Å². The Labute approximate surface area is 177 Å². The van der Waals surface area contributed by atoms with E-state index in [-0.39, 0.29) is 11.9 Å². The Balaban J connectivity index is 1.24. The number of hydrogen-bond acceptors (Lipinski definition) is 6. The maximum atomic E-state index is 13.7. The minimum Gasteiger partial charge on any atom is -0.454 e. The van der Waals surface area contributed by atoms with E-state index in [4.69, 9.17) is 21.7 Å². The van der Waals surface area contributed by atoms with E-state index in [0.717, 1.165) is 48.8 Å². The summed E-state index contributed by atoms with van der Waals surface area (Å²) in [6.07, 6.45) is 0. The van der Waals surface area contributed by atoms with Gasteiger partial charge in [0.1, 0.15) is 17.2 Å². The summed E-state index contributed by atoms with van der Waals surface area (Å²) in [4.78, 5) is 14.4. The van der Waals surface area contributed by atoms with Crippen molar-refractivity contribution in [3.05, 3.63) is 59.2 Å². The van der Waals surface area contributed by atoms with Crippen molar-refractivity contribution in [3.8, 4) is 11.5 Å². The molecular formula is C20H20F2N4O3S. The first-order chi connectivity index (χ1) is 14.5. The highest BCUT2D eigenvalue weighted by atomic mass is 32.1. The summed E-state index contributed by atoms with van der Waals surface area (Å²) in [6.45, 7) is 3.91. The molecule has 30 heavy (non-hydrogen) atoms. The van der Waals surface area contributed by atoms with Crippen molar-refractivity contribution in [2.75, 3.05) is 33.0 Å². The summed E-state index contributed by atoms with van der Waals surface area (Å²) in [5, 5.41) is 4.17. The van der Waals surface area contributed by atoms with Crippen LogP contribution in [0.3, 0.4) is 0 Å². The van der Waals surface area contributed by atoms with Crippen LogP contribution in [0.2, 0.25) is 0 Å². The highest BCUT2D eigenvalue weighted by molar-refractivity contribution is 7.80. The Hall–Kier alpha value is -2.82. The van der Waals surface area contributed by atoms with E-state index >= 15 is 0 Å². The molecule has 0 bridgehead atoms. The topological polar surface area (TPSA) is 66.1 Å². The SMILES string of the molecule is O=C(NC(=S)NN1CCN(Cc2ccc3c(c2)OCO3)CC1)c1c(F)cccc1F. The lowest BCUT2D eigenvalue weighted by atomic mass is 10.2. The third kappa shape index (κ3) is 4.66. The van der Waals surface area contributed by atoms with E-state index in [1.807, 2.05) is 23.2 Å². The molecule has 2 N–H and O–H groups in total. The highest BCUT2D eigenvalue weighted by Gasteiger charge is 2.21. The molecule has 1 fully saturated rings. The van der Waals surface area contributed by atoms with Crippen LogP contribution in [0.5, 0.6) is 11.5 Å². The normalized spacial score (nSPS) is 16.3. The Kier molecular flexibility index (Phi) is 6.07. The van der Waals surface area contributed by atoms with Gasteiger partial charge in [-0.2, -0.15) is 0 Å². The molecule has 0 spiro atoms. The molecule has 2 aliphatic rings. The average molecular weight is 434 g/mol. The second-order valence-corrected chi connectivity index (χ2v) is 7.35. The van der Waals surface area contributed by atoms with Gasteiger partial charge in [0.25, 0.3) is 5.91 Å². The molecule has 1 amide bonds. The van der Waals surface area contributed by atoms with Crippen LogP contribution in [0.4, 0.5) is 8.78 Å². The number of piperazine rings is 1. The van der Waals surface area contributed by atoms with E-state index in [9.17, 15) is 13.6 Å². The fourth-order valence-corrected chi connectivity index (χ4v) is 3.59. The van der Waals surface area contributed by atoms with Crippen LogP contribution in [0.15, 0.2) is 36.4 Å². The van der Waals surface area contributed by atoms with Gasteiger partial charge in [0.15, 0.2) is 16.6 Å². The number of nitrogens with zero attached hydrogens (tertiary/aromatic N) is 2. The molecule has 0 aromatic heterocycles. The monoisotopic (exact) mass is 434 g/mol. The molecule has 4 rings (SSSR count). The summed E-state index contributed by atoms with van der Waals surface area (Å²) in [6, 6.07) is 9.15. The van der Waals surface area contributed by atoms with Gasteiger partial charge in [-0.1, -0.05) is 12.1 Å². The number of ether oxygens (including phenoxy) is 2. The number of fused-ring (bicyclic) bond motifs is 1. The lowest BCUT2D eigenvalue weighted by Crippen LogP contribution is -2.56. The third-order valence-electron chi connectivity index (χ3n) is 4.89. The first kappa shape index (κ1) is 20.5. The van der Waals surface area contributed by atoms with Crippen LogP contribution in [0.25, 0.3) is 0 Å². The van der Waals surface area contributed by atoms with Gasteiger partial charge in [0, 0.05) is 32.7 Å². The number of amides is 1. The Morgan fingerprint density at radius 1 is 1.03 bits per heavy atom. The predicted molar refractivity (Wildman–Crippen MR) is 109 cm³/mol. The van der Waals surface area contributed by atoms with Gasteiger partial charge in [-0.25, -0.2) is 13.8 Å². The predicted octanol–water partition coefficient (Wildman–Crippen LogP) is 2.03. The van der Waals surface area contributed by atoms with E-state index in [1.54, 1.807) is 0 Å². The van der Waals surface area contributed by atoms with Crippen LogP contribution in [0.1, 0.15) is 15.9 Å². The van der Waals surface area contributed by atoms with Gasteiger partial charge in [-0.3, -0.25) is 20.4 Å². The zero-order chi connectivity index (χ0) is 21.1.